The lowest BCUT2D eigenvalue weighted by atomic mass is 9.95. The molecule has 0 atom stereocenters. The zero-order valence-corrected chi connectivity index (χ0v) is 30.0. The molecule has 0 unspecified atom stereocenters. The zero-order chi connectivity index (χ0) is 36.7. The predicted octanol–water partition coefficient (Wildman–Crippen LogP) is 13.3. The summed E-state index contributed by atoms with van der Waals surface area (Å²) in [5, 5.41) is 11.0. The summed E-state index contributed by atoms with van der Waals surface area (Å²) in [6.45, 7) is 0. The summed E-state index contributed by atoms with van der Waals surface area (Å²) in [6, 6.07) is 63.9. The molecule has 0 spiro atoms. The fourth-order valence-corrected chi connectivity index (χ4v) is 8.63. The van der Waals surface area contributed by atoms with Crippen molar-refractivity contribution in [3.63, 3.8) is 0 Å². The van der Waals surface area contributed by atoms with Crippen LogP contribution in [0.4, 0.5) is 0 Å². The Bertz CT molecular complexity index is 3540. The molecule has 0 radical (unpaired) electrons. The van der Waals surface area contributed by atoms with E-state index in [4.69, 9.17) is 19.4 Å². The lowest BCUT2D eigenvalue weighted by molar-refractivity contribution is 0.669. The molecule has 12 aromatic rings. The van der Waals surface area contributed by atoms with E-state index in [0.717, 1.165) is 92.9 Å². The Hall–Kier alpha value is -7.63. The number of furan rings is 1. The molecular formula is C51H30N4O. The van der Waals surface area contributed by atoms with Gasteiger partial charge < -0.3 is 4.42 Å². The first-order valence-electron chi connectivity index (χ1n) is 18.9. The van der Waals surface area contributed by atoms with Crippen molar-refractivity contribution < 1.29 is 4.42 Å². The van der Waals surface area contributed by atoms with Gasteiger partial charge in [0, 0.05) is 32.7 Å². The third kappa shape index (κ3) is 4.64. The van der Waals surface area contributed by atoms with Gasteiger partial charge in [-0.25, -0.2) is 4.98 Å². The van der Waals surface area contributed by atoms with Crippen LogP contribution in [0.2, 0.25) is 0 Å². The van der Waals surface area contributed by atoms with Crippen molar-refractivity contribution in [2.24, 2.45) is 0 Å². The third-order valence-corrected chi connectivity index (χ3v) is 11.2. The fourth-order valence-electron chi connectivity index (χ4n) is 8.63. The Balaban J connectivity index is 1.26. The molecule has 3 heterocycles. The molecule has 3 aromatic heterocycles. The highest BCUT2D eigenvalue weighted by Crippen LogP contribution is 2.43. The summed E-state index contributed by atoms with van der Waals surface area (Å²) in [6.07, 6.45) is 0. The monoisotopic (exact) mass is 714 g/mol. The molecule has 0 saturated heterocycles. The highest BCUT2D eigenvalue weighted by Gasteiger charge is 2.24. The number of fused-ring (bicyclic) bond motifs is 9. The smallest absolute Gasteiger partial charge is 0.238 e. The van der Waals surface area contributed by atoms with E-state index < -0.39 is 0 Å². The van der Waals surface area contributed by atoms with Gasteiger partial charge >= 0.3 is 0 Å². The molecular weight excluding hydrogens is 685 g/mol. The van der Waals surface area contributed by atoms with Gasteiger partial charge in [-0.05, 0) is 85.9 Å². The van der Waals surface area contributed by atoms with E-state index in [9.17, 15) is 0 Å². The van der Waals surface area contributed by atoms with Crippen LogP contribution in [0, 0.1) is 0 Å². The van der Waals surface area contributed by atoms with E-state index in [-0.39, 0.29) is 0 Å². The first-order chi connectivity index (χ1) is 27.7. The topological polar surface area (TPSA) is 56.7 Å². The summed E-state index contributed by atoms with van der Waals surface area (Å²) in [5.74, 6) is 1.72. The number of aromatic nitrogens is 4. The van der Waals surface area contributed by atoms with Gasteiger partial charge in [0.15, 0.2) is 11.6 Å². The van der Waals surface area contributed by atoms with Gasteiger partial charge in [-0.15, -0.1) is 0 Å². The van der Waals surface area contributed by atoms with Crippen molar-refractivity contribution in [2.75, 3.05) is 0 Å². The quantitative estimate of drug-likeness (QED) is 0.182. The number of para-hydroxylation sites is 2. The van der Waals surface area contributed by atoms with Crippen LogP contribution in [0.3, 0.4) is 0 Å². The van der Waals surface area contributed by atoms with Gasteiger partial charge in [-0.1, -0.05) is 140 Å². The minimum absolute atomic E-state index is 0.549. The van der Waals surface area contributed by atoms with Crippen LogP contribution in [0.5, 0.6) is 0 Å². The van der Waals surface area contributed by atoms with Crippen LogP contribution in [0.25, 0.3) is 116 Å². The van der Waals surface area contributed by atoms with E-state index in [2.05, 4.69) is 174 Å². The Labute approximate surface area is 320 Å². The van der Waals surface area contributed by atoms with Gasteiger partial charge in [-0.3, -0.25) is 4.57 Å². The normalized spacial score (nSPS) is 11.9. The van der Waals surface area contributed by atoms with Crippen LogP contribution in [0.15, 0.2) is 186 Å². The third-order valence-electron chi connectivity index (χ3n) is 11.2. The summed E-state index contributed by atoms with van der Waals surface area (Å²) >= 11 is 0. The van der Waals surface area contributed by atoms with Gasteiger partial charge in [-0.2, -0.15) is 9.97 Å². The number of nitrogens with zero attached hydrogens (tertiary/aromatic N) is 4. The minimum atomic E-state index is 0.549. The average Bonchev–Trinajstić information content (AvgIpc) is 3.79. The van der Waals surface area contributed by atoms with Gasteiger partial charge in [0.1, 0.15) is 11.2 Å². The standard InChI is InChI=1S/C51H30N4O/c1-2-14-31(15-3-1)40-26-32-16-4-5-18-34(32)28-42(40)49-52-50(48-37-21-9-8-20-36(37)30-46-47(48)39-23-11-13-25-45(39)56-46)54-51(53-49)55-43-24-12-10-22-38(43)41-27-33-17-6-7-19-35(33)29-44(41)55/h1-30H. The Morgan fingerprint density at radius 3 is 1.75 bits per heavy atom. The zero-order valence-electron chi connectivity index (χ0n) is 30.0. The molecule has 56 heavy (non-hydrogen) atoms. The van der Waals surface area contributed by atoms with Gasteiger partial charge in [0.25, 0.3) is 0 Å². The highest BCUT2D eigenvalue weighted by molar-refractivity contribution is 6.20. The fraction of sp³-hybridized carbons (Fsp3) is 0. The van der Waals surface area contributed by atoms with Crippen molar-refractivity contribution in [1.82, 2.24) is 19.5 Å². The number of benzene rings is 9. The summed E-state index contributed by atoms with van der Waals surface area (Å²) in [4.78, 5) is 16.5. The van der Waals surface area contributed by atoms with E-state index in [1.807, 2.05) is 12.1 Å². The van der Waals surface area contributed by atoms with Crippen LogP contribution >= 0.6 is 0 Å². The van der Waals surface area contributed by atoms with Crippen LogP contribution in [-0.2, 0) is 0 Å². The second-order valence-electron chi connectivity index (χ2n) is 14.4. The number of hydrogen-bond donors (Lipinski definition) is 0. The Morgan fingerprint density at radius 1 is 0.375 bits per heavy atom. The summed E-state index contributed by atoms with van der Waals surface area (Å²) < 4.78 is 8.76. The van der Waals surface area contributed by atoms with Crippen molar-refractivity contribution in [2.45, 2.75) is 0 Å². The Morgan fingerprint density at radius 2 is 0.964 bits per heavy atom. The second kappa shape index (κ2) is 11.9. The average molecular weight is 715 g/mol. The predicted molar refractivity (Wildman–Crippen MR) is 230 cm³/mol. The molecule has 0 N–H and O–H groups in total. The molecule has 0 fully saturated rings. The van der Waals surface area contributed by atoms with Crippen LogP contribution < -0.4 is 0 Å². The molecule has 0 saturated carbocycles. The molecule has 0 aliphatic heterocycles. The SMILES string of the molecule is c1ccc(-c2cc3ccccc3cc2-c2nc(-c3c4ccccc4cc4oc5ccccc5c34)nc(-n3c4ccccc4c4cc5ccccc5cc43)n2)cc1. The van der Waals surface area contributed by atoms with Crippen molar-refractivity contribution in [3.8, 4) is 39.9 Å². The first-order valence-corrected chi connectivity index (χ1v) is 18.9. The Kier molecular flexibility index (Phi) is 6.56. The maximum absolute atomic E-state index is 6.55. The van der Waals surface area contributed by atoms with E-state index in [1.165, 1.54) is 5.39 Å². The molecule has 0 bridgehead atoms. The van der Waals surface area contributed by atoms with E-state index in [1.54, 1.807) is 0 Å². The maximum atomic E-state index is 6.55. The van der Waals surface area contributed by atoms with E-state index >= 15 is 0 Å². The van der Waals surface area contributed by atoms with Crippen molar-refractivity contribution in [3.05, 3.63) is 182 Å². The lowest BCUT2D eigenvalue weighted by Crippen LogP contribution is -2.07. The maximum Gasteiger partial charge on any atom is 0.238 e. The second-order valence-corrected chi connectivity index (χ2v) is 14.4. The highest BCUT2D eigenvalue weighted by atomic mass is 16.3. The van der Waals surface area contributed by atoms with Gasteiger partial charge in [0.05, 0.1) is 11.0 Å². The molecule has 0 aliphatic carbocycles. The summed E-state index contributed by atoms with van der Waals surface area (Å²) in [7, 11) is 0. The molecule has 0 amide bonds. The minimum Gasteiger partial charge on any atom is -0.456 e. The molecule has 9 aromatic carbocycles. The molecule has 0 aliphatic rings. The summed E-state index contributed by atoms with van der Waals surface area (Å²) in [5.41, 5.74) is 7.67. The molecule has 5 heteroatoms. The largest absolute Gasteiger partial charge is 0.456 e. The number of rotatable bonds is 4. The molecule has 5 nitrogen and oxygen atoms in total. The first kappa shape index (κ1) is 30.8. The van der Waals surface area contributed by atoms with Crippen LogP contribution in [0.1, 0.15) is 0 Å². The lowest BCUT2D eigenvalue weighted by Gasteiger charge is -2.16. The molecule has 12 rings (SSSR count). The number of hydrogen-bond acceptors (Lipinski definition) is 4. The van der Waals surface area contributed by atoms with Crippen molar-refractivity contribution >= 4 is 76.1 Å². The van der Waals surface area contributed by atoms with E-state index in [0.29, 0.717) is 17.6 Å². The molecule has 260 valence electrons. The van der Waals surface area contributed by atoms with Crippen LogP contribution in [-0.4, -0.2) is 19.5 Å². The van der Waals surface area contributed by atoms with Gasteiger partial charge in [0.2, 0.25) is 5.95 Å². The van der Waals surface area contributed by atoms with Crippen molar-refractivity contribution in [1.29, 1.82) is 0 Å².